The lowest BCUT2D eigenvalue weighted by Gasteiger charge is -2.14. The van der Waals surface area contributed by atoms with Gasteiger partial charge in [0.2, 0.25) is 0 Å². The predicted octanol–water partition coefficient (Wildman–Crippen LogP) is 0.135. The number of hydrogen-bond donors (Lipinski definition) is 1. The van der Waals surface area contributed by atoms with Gasteiger partial charge >= 0.3 is 5.97 Å². The maximum absolute atomic E-state index is 10.6. The van der Waals surface area contributed by atoms with Crippen LogP contribution in [0.15, 0.2) is 0 Å². The van der Waals surface area contributed by atoms with Crippen molar-refractivity contribution in [3.8, 4) is 0 Å². The molecule has 0 saturated heterocycles. The summed E-state index contributed by atoms with van der Waals surface area (Å²) in [5.41, 5.74) is 5.05. The van der Waals surface area contributed by atoms with E-state index >= 15 is 0 Å². The fourth-order valence-corrected chi connectivity index (χ4v) is 0.638. The Hall–Kier alpha value is -0.610. The molecular formula is C7H16N2O2. The van der Waals surface area contributed by atoms with Crippen LogP contribution in [-0.4, -0.2) is 31.2 Å². The molecule has 0 spiro atoms. The largest absolute Gasteiger partial charge is 0.367 e. The molecule has 0 saturated carbocycles. The summed E-state index contributed by atoms with van der Waals surface area (Å²) in [6.45, 7) is 2.79. The minimum atomic E-state index is -0.386. The van der Waals surface area contributed by atoms with Crippen LogP contribution in [0, 0.1) is 0 Å². The summed E-state index contributed by atoms with van der Waals surface area (Å²) in [4.78, 5) is 15.4. The molecule has 0 aromatic carbocycles. The van der Waals surface area contributed by atoms with Gasteiger partial charge in [-0.2, -0.15) is 0 Å². The van der Waals surface area contributed by atoms with E-state index in [0.717, 1.165) is 19.4 Å². The van der Waals surface area contributed by atoms with Gasteiger partial charge in [-0.1, -0.05) is 13.3 Å². The zero-order valence-electron chi connectivity index (χ0n) is 7.17. The van der Waals surface area contributed by atoms with Crippen molar-refractivity contribution in [1.29, 1.82) is 0 Å². The van der Waals surface area contributed by atoms with Crippen molar-refractivity contribution in [2.45, 2.75) is 19.8 Å². The van der Waals surface area contributed by atoms with Gasteiger partial charge < -0.3 is 10.6 Å². The van der Waals surface area contributed by atoms with Crippen molar-refractivity contribution in [3.05, 3.63) is 0 Å². The predicted molar refractivity (Wildman–Crippen MR) is 42.7 cm³/mol. The molecule has 0 heterocycles. The van der Waals surface area contributed by atoms with Gasteiger partial charge in [0.05, 0.1) is 6.54 Å². The van der Waals surface area contributed by atoms with Gasteiger partial charge in [0, 0.05) is 13.6 Å². The van der Waals surface area contributed by atoms with Crippen LogP contribution in [0.1, 0.15) is 19.8 Å². The second-order valence-corrected chi connectivity index (χ2v) is 2.37. The first-order chi connectivity index (χ1) is 5.20. The third-order valence-electron chi connectivity index (χ3n) is 1.25. The zero-order chi connectivity index (χ0) is 8.69. The van der Waals surface area contributed by atoms with Crippen molar-refractivity contribution in [1.82, 2.24) is 5.06 Å². The second-order valence-electron chi connectivity index (χ2n) is 2.37. The van der Waals surface area contributed by atoms with Crippen LogP contribution < -0.4 is 5.73 Å². The van der Waals surface area contributed by atoms with E-state index in [4.69, 9.17) is 10.6 Å². The molecule has 11 heavy (non-hydrogen) atoms. The fraction of sp³-hybridized carbons (Fsp3) is 0.857. The van der Waals surface area contributed by atoms with Crippen molar-refractivity contribution >= 4 is 5.97 Å². The number of carbonyl (C=O) groups excluding carboxylic acids is 1. The van der Waals surface area contributed by atoms with E-state index in [2.05, 4.69) is 6.92 Å². The Morgan fingerprint density at radius 2 is 2.27 bits per heavy atom. The molecule has 0 aromatic rings. The minimum Gasteiger partial charge on any atom is -0.367 e. The quantitative estimate of drug-likeness (QED) is 0.581. The molecule has 2 N–H and O–H groups in total. The molecule has 0 amide bonds. The van der Waals surface area contributed by atoms with Crippen LogP contribution >= 0.6 is 0 Å². The molecule has 0 fully saturated rings. The van der Waals surface area contributed by atoms with Gasteiger partial charge in [-0.3, -0.25) is 0 Å². The maximum atomic E-state index is 10.6. The molecule has 4 nitrogen and oxygen atoms in total. The summed E-state index contributed by atoms with van der Waals surface area (Å²) in [6, 6.07) is 0. The van der Waals surface area contributed by atoms with Crippen LogP contribution in [0.3, 0.4) is 0 Å². The lowest BCUT2D eigenvalue weighted by Crippen LogP contribution is -2.28. The molecule has 0 aliphatic rings. The van der Waals surface area contributed by atoms with E-state index < -0.39 is 0 Å². The van der Waals surface area contributed by atoms with Gasteiger partial charge in [0.1, 0.15) is 0 Å². The van der Waals surface area contributed by atoms with Gasteiger partial charge in [-0.15, -0.1) is 5.06 Å². The zero-order valence-corrected chi connectivity index (χ0v) is 7.17. The molecule has 0 radical (unpaired) electrons. The summed E-state index contributed by atoms with van der Waals surface area (Å²) < 4.78 is 0. The van der Waals surface area contributed by atoms with Crippen molar-refractivity contribution in [2.75, 3.05) is 20.1 Å². The van der Waals surface area contributed by atoms with Gasteiger partial charge in [-0.25, -0.2) is 4.79 Å². The molecule has 0 aliphatic carbocycles. The Labute approximate surface area is 67.3 Å². The Bertz CT molecular complexity index is 117. The first kappa shape index (κ1) is 10.4. The molecule has 0 aliphatic heterocycles. The van der Waals surface area contributed by atoms with E-state index in [1.54, 1.807) is 7.05 Å². The number of hydroxylamine groups is 2. The highest BCUT2D eigenvalue weighted by atomic mass is 16.7. The molecule has 0 unspecified atom stereocenters. The van der Waals surface area contributed by atoms with Crippen molar-refractivity contribution in [3.63, 3.8) is 0 Å². The lowest BCUT2D eigenvalue weighted by molar-refractivity contribution is -0.182. The standard InChI is InChI=1S/C7H16N2O2/c1-3-4-5-9(2)11-7(10)6-8/h3-6,8H2,1-2H3. The highest BCUT2D eigenvalue weighted by Gasteiger charge is 2.03. The lowest BCUT2D eigenvalue weighted by atomic mass is 10.3. The van der Waals surface area contributed by atoms with Gasteiger partial charge in [0.15, 0.2) is 0 Å². The summed E-state index contributed by atoms with van der Waals surface area (Å²) >= 11 is 0. The number of nitrogens with zero attached hydrogens (tertiary/aromatic N) is 1. The second kappa shape index (κ2) is 6.12. The number of rotatable bonds is 5. The summed E-state index contributed by atoms with van der Waals surface area (Å²) in [5.74, 6) is -0.386. The number of carbonyl (C=O) groups is 1. The van der Waals surface area contributed by atoms with Crippen LogP contribution in [0.25, 0.3) is 0 Å². The SMILES string of the molecule is CCCCN(C)OC(=O)CN. The topological polar surface area (TPSA) is 55.6 Å². The molecule has 0 bridgehead atoms. The minimum absolute atomic E-state index is 0.0591. The van der Waals surface area contributed by atoms with Gasteiger partial charge in [0.25, 0.3) is 0 Å². The fourth-order valence-electron chi connectivity index (χ4n) is 0.638. The molecule has 0 rings (SSSR count). The molecule has 4 heteroatoms. The normalized spacial score (nSPS) is 10.2. The van der Waals surface area contributed by atoms with E-state index in [1.165, 1.54) is 5.06 Å². The smallest absolute Gasteiger partial charge is 0.338 e. The average molecular weight is 160 g/mol. The summed E-state index contributed by atoms with van der Waals surface area (Å²) in [5, 5.41) is 1.51. The molecule has 66 valence electrons. The Morgan fingerprint density at radius 3 is 2.73 bits per heavy atom. The van der Waals surface area contributed by atoms with E-state index in [0.29, 0.717) is 0 Å². The molecular weight excluding hydrogens is 144 g/mol. The average Bonchev–Trinajstić information content (AvgIpc) is 2.00. The van der Waals surface area contributed by atoms with Crippen LogP contribution in [0.2, 0.25) is 0 Å². The highest BCUT2D eigenvalue weighted by molar-refractivity contribution is 5.70. The Kier molecular flexibility index (Phi) is 5.78. The van der Waals surface area contributed by atoms with Crippen molar-refractivity contribution < 1.29 is 9.63 Å². The maximum Gasteiger partial charge on any atom is 0.338 e. The third kappa shape index (κ3) is 5.82. The number of hydrogen-bond acceptors (Lipinski definition) is 4. The third-order valence-corrected chi connectivity index (χ3v) is 1.25. The van der Waals surface area contributed by atoms with E-state index in [9.17, 15) is 4.79 Å². The van der Waals surface area contributed by atoms with Gasteiger partial charge in [-0.05, 0) is 6.42 Å². The highest BCUT2D eigenvalue weighted by Crippen LogP contribution is 1.92. The molecule has 0 aromatic heterocycles. The van der Waals surface area contributed by atoms with Crippen LogP contribution in [0.4, 0.5) is 0 Å². The van der Waals surface area contributed by atoms with E-state index in [-0.39, 0.29) is 12.5 Å². The van der Waals surface area contributed by atoms with Crippen molar-refractivity contribution in [2.24, 2.45) is 5.73 Å². The molecule has 0 atom stereocenters. The van der Waals surface area contributed by atoms with Crippen LogP contribution in [0.5, 0.6) is 0 Å². The number of nitrogens with two attached hydrogens (primary N) is 1. The Balaban J connectivity index is 3.35. The summed E-state index contributed by atoms with van der Waals surface area (Å²) in [6.07, 6.45) is 2.11. The first-order valence-corrected chi connectivity index (χ1v) is 3.82. The van der Waals surface area contributed by atoms with E-state index in [1.807, 2.05) is 0 Å². The monoisotopic (exact) mass is 160 g/mol. The summed E-state index contributed by atoms with van der Waals surface area (Å²) in [7, 11) is 1.73. The Morgan fingerprint density at radius 1 is 1.64 bits per heavy atom. The number of unbranched alkanes of at least 4 members (excludes halogenated alkanes) is 1. The first-order valence-electron chi connectivity index (χ1n) is 3.82. The van der Waals surface area contributed by atoms with Crippen LogP contribution in [-0.2, 0) is 9.63 Å².